The van der Waals surface area contributed by atoms with Gasteiger partial charge in [-0.2, -0.15) is 0 Å². The highest BCUT2D eigenvalue weighted by Crippen LogP contribution is 2.28. The van der Waals surface area contributed by atoms with Gasteiger partial charge >= 0.3 is 11.9 Å². The number of methoxy groups -OCH3 is 1. The van der Waals surface area contributed by atoms with Gasteiger partial charge in [-0.25, -0.2) is 4.79 Å². The zero-order valence-corrected chi connectivity index (χ0v) is 18.2. The fourth-order valence-corrected chi connectivity index (χ4v) is 4.39. The Bertz CT molecular complexity index is 865. The zero-order chi connectivity index (χ0) is 22.1. The third-order valence-corrected chi connectivity index (χ3v) is 6.13. The number of Topliss-reactive ketones (excluding diaryl/α,β-unsaturated/α-hetero) is 1. The van der Waals surface area contributed by atoms with Crippen molar-refractivity contribution >= 4 is 17.7 Å². The van der Waals surface area contributed by atoms with Gasteiger partial charge < -0.3 is 9.64 Å². The summed E-state index contributed by atoms with van der Waals surface area (Å²) in [6, 6.07) is 20.2. The third-order valence-electron chi connectivity index (χ3n) is 6.13. The first-order valence-corrected chi connectivity index (χ1v) is 11.1. The molecule has 1 aliphatic heterocycles. The first kappa shape index (κ1) is 22.7. The smallest absolute Gasteiger partial charge is 0.396 e. The van der Waals surface area contributed by atoms with Gasteiger partial charge in [-0.1, -0.05) is 60.7 Å². The van der Waals surface area contributed by atoms with Crippen molar-refractivity contribution < 1.29 is 19.1 Å². The average Bonchev–Trinajstić information content (AvgIpc) is 2.84. The summed E-state index contributed by atoms with van der Waals surface area (Å²) in [6.07, 6.45) is 5.33. The Labute approximate surface area is 184 Å². The second kappa shape index (κ2) is 11.4. The van der Waals surface area contributed by atoms with Gasteiger partial charge in [-0.05, 0) is 55.6 Å². The molecular weight excluding hydrogens is 390 g/mol. The van der Waals surface area contributed by atoms with E-state index in [2.05, 4.69) is 29.0 Å². The number of carbonyl (C=O) groups excluding carboxylic acids is 3. The van der Waals surface area contributed by atoms with E-state index in [1.807, 2.05) is 36.4 Å². The van der Waals surface area contributed by atoms with Crippen molar-refractivity contribution in [2.24, 2.45) is 0 Å². The van der Waals surface area contributed by atoms with E-state index in [1.54, 1.807) is 0 Å². The molecule has 5 heteroatoms. The van der Waals surface area contributed by atoms with Gasteiger partial charge in [0.1, 0.15) is 0 Å². The van der Waals surface area contributed by atoms with Crippen LogP contribution >= 0.6 is 0 Å². The average molecular weight is 422 g/mol. The van der Waals surface area contributed by atoms with Gasteiger partial charge in [0.05, 0.1) is 13.2 Å². The van der Waals surface area contributed by atoms with Crippen molar-refractivity contribution in [3.63, 3.8) is 0 Å². The molecule has 0 N–H and O–H groups in total. The van der Waals surface area contributed by atoms with Crippen LogP contribution in [0.3, 0.4) is 0 Å². The Hall–Kier alpha value is -2.95. The van der Waals surface area contributed by atoms with Gasteiger partial charge in [-0.15, -0.1) is 0 Å². The molecule has 2 aromatic rings. The molecule has 2 unspecified atom stereocenters. The lowest BCUT2D eigenvalue weighted by molar-refractivity contribution is -0.161. The molecule has 164 valence electrons. The topological polar surface area (TPSA) is 63.7 Å². The van der Waals surface area contributed by atoms with E-state index in [9.17, 15) is 14.4 Å². The summed E-state index contributed by atoms with van der Waals surface area (Å²) in [5.74, 6) is -1.30. The largest absolute Gasteiger partial charge is 0.462 e. The van der Waals surface area contributed by atoms with E-state index in [0.29, 0.717) is 19.4 Å². The number of nitrogens with zero attached hydrogens (tertiary/aromatic N) is 1. The van der Waals surface area contributed by atoms with Crippen LogP contribution in [0.15, 0.2) is 60.7 Å². The van der Waals surface area contributed by atoms with Crippen molar-refractivity contribution in [3.8, 4) is 0 Å². The quantitative estimate of drug-likeness (QED) is 0.471. The summed E-state index contributed by atoms with van der Waals surface area (Å²) in [5, 5.41) is 0. The van der Waals surface area contributed by atoms with Crippen molar-refractivity contribution in [1.29, 1.82) is 0 Å². The molecule has 0 bridgehead atoms. The lowest BCUT2D eigenvalue weighted by atomic mass is 9.86. The standard InChI is InChI=1S/C26H31NO4/c1-31-26(30)25(29)27-19-9-8-14-23(27)24(28)18-17-22(21-12-6-3-7-13-21)16-15-20-10-4-2-5-11-20/h2-7,10-13,22-23H,8-9,14-19H2,1H3. The fraction of sp³-hybridized carbons (Fsp3) is 0.423. The Morgan fingerprint density at radius 3 is 2.32 bits per heavy atom. The molecule has 2 aromatic carbocycles. The number of rotatable bonds is 8. The summed E-state index contributed by atoms with van der Waals surface area (Å²) in [5.41, 5.74) is 2.52. The third kappa shape index (κ3) is 6.27. The van der Waals surface area contributed by atoms with Crippen LogP contribution < -0.4 is 0 Å². The zero-order valence-electron chi connectivity index (χ0n) is 18.2. The molecular formula is C26H31NO4. The van der Waals surface area contributed by atoms with E-state index in [0.717, 1.165) is 32.1 Å². The molecule has 3 rings (SSSR count). The number of hydrogen-bond donors (Lipinski definition) is 0. The Balaban J connectivity index is 1.65. The molecule has 0 aromatic heterocycles. The Kier molecular flexibility index (Phi) is 8.39. The number of likely N-dealkylation sites (tertiary alicyclic amines) is 1. The first-order valence-electron chi connectivity index (χ1n) is 11.1. The van der Waals surface area contributed by atoms with Crippen LogP contribution in [0, 0.1) is 0 Å². The molecule has 1 aliphatic rings. The number of piperidine rings is 1. The van der Waals surface area contributed by atoms with E-state index >= 15 is 0 Å². The van der Waals surface area contributed by atoms with Crippen LogP contribution in [0.4, 0.5) is 0 Å². The molecule has 1 amide bonds. The van der Waals surface area contributed by atoms with Crippen LogP contribution in [0.1, 0.15) is 55.6 Å². The second-order valence-corrected chi connectivity index (χ2v) is 8.14. The Morgan fingerprint density at radius 2 is 1.65 bits per heavy atom. The maximum absolute atomic E-state index is 13.1. The number of ketones is 1. The molecule has 1 saturated heterocycles. The number of amides is 1. The number of esters is 1. The molecule has 1 heterocycles. The van der Waals surface area contributed by atoms with Crippen LogP contribution in [0.2, 0.25) is 0 Å². The Morgan fingerprint density at radius 1 is 0.968 bits per heavy atom. The molecule has 0 saturated carbocycles. The van der Waals surface area contributed by atoms with Crippen molar-refractivity contribution in [2.45, 2.75) is 56.9 Å². The van der Waals surface area contributed by atoms with Gasteiger partial charge in [0, 0.05) is 13.0 Å². The summed E-state index contributed by atoms with van der Waals surface area (Å²) in [6.45, 7) is 0.431. The number of hydrogen-bond acceptors (Lipinski definition) is 4. The highest BCUT2D eigenvalue weighted by Gasteiger charge is 2.35. The maximum Gasteiger partial charge on any atom is 0.396 e. The molecule has 0 spiro atoms. The normalized spacial score (nSPS) is 17.1. The molecule has 0 radical (unpaired) electrons. The molecule has 0 aliphatic carbocycles. The lowest BCUT2D eigenvalue weighted by Gasteiger charge is -2.34. The van der Waals surface area contributed by atoms with Gasteiger partial charge in [0.15, 0.2) is 5.78 Å². The fourth-order valence-electron chi connectivity index (χ4n) is 4.39. The predicted octanol–water partition coefficient (Wildman–Crippen LogP) is 4.31. The second-order valence-electron chi connectivity index (χ2n) is 8.14. The summed E-state index contributed by atoms with van der Waals surface area (Å²) < 4.78 is 4.58. The highest BCUT2D eigenvalue weighted by atomic mass is 16.5. The van der Waals surface area contributed by atoms with Crippen LogP contribution in [-0.4, -0.2) is 42.3 Å². The van der Waals surface area contributed by atoms with E-state index in [4.69, 9.17) is 0 Å². The number of carbonyl (C=O) groups is 3. The van der Waals surface area contributed by atoms with Gasteiger partial charge in [0.2, 0.25) is 0 Å². The lowest BCUT2D eigenvalue weighted by Crippen LogP contribution is -2.50. The predicted molar refractivity (Wildman–Crippen MR) is 120 cm³/mol. The molecule has 5 nitrogen and oxygen atoms in total. The van der Waals surface area contributed by atoms with Gasteiger partial charge in [0.25, 0.3) is 0 Å². The van der Waals surface area contributed by atoms with Crippen molar-refractivity contribution in [3.05, 3.63) is 71.8 Å². The monoisotopic (exact) mass is 421 g/mol. The van der Waals surface area contributed by atoms with Crippen molar-refractivity contribution in [1.82, 2.24) is 4.90 Å². The van der Waals surface area contributed by atoms with Crippen LogP contribution in [-0.2, 0) is 25.5 Å². The van der Waals surface area contributed by atoms with Crippen LogP contribution in [0.5, 0.6) is 0 Å². The van der Waals surface area contributed by atoms with Crippen LogP contribution in [0.25, 0.3) is 0 Å². The van der Waals surface area contributed by atoms with E-state index in [1.165, 1.54) is 23.1 Å². The molecule has 1 fully saturated rings. The minimum absolute atomic E-state index is 0.0394. The van der Waals surface area contributed by atoms with E-state index < -0.39 is 17.9 Å². The van der Waals surface area contributed by atoms with E-state index in [-0.39, 0.29) is 11.7 Å². The first-order chi connectivity index (χ1) is 15.1. The minimum Gasteiger partial charge on any atom is -0.462 e. The van der Waals surface area contributed by atoms with Crippen molar-refractivity contribution in [2.75, 3.05) is 13.7 Å². The number of ether oxygens (including phenoxy) is 1. The number of aryl methyl sites for hydroxylation is 1. The van der Waals surface area contributed by atoms with Gasteiger partial charge in [-0.3, -0.25) is 9.59 Å². The summed E-state index contributed by atoms with van der Waals surface area (Å²) in [7, 11) is 1.19. The number of benzene rings is 2. The SMILES string of the molecule is COC(=O)C(=O)N1CCCCC1C(=O)CCC(CCc1ccccc1)c1ccccc1. The molecule has 2 atom stereocenters. The summed E-state index contributed by atoms with van der Waals surface area (Å²) in [4.78, 5) is 38.6. The minimum atomic E-state index is -0.898. The highest BCUT2D eigenvalue weighted by molar-refractivity contribution is 6.32. The maximum atomic E-state index is 13.1. The molecule has 31 heavy (non-hydrogen) atoms. The summed E-state index contributed by atoms with van der Waals surface area (Å²) >= 11 is 0.